The summed E-state index contributed by atoms with van der Waals surface area (Å²) < 4.78 is 6.32. The molecule has 0 aliphatic heterocycles. The molecule has 0 saturated heterocycles. The molecule has 0 aliphatic carbocycles. The average molecular weight is 197 g/mol. The van der Waals surface area contributed by atoms with Gasteiger partial charge in [0.15, 0.2) is 0 Å². The molecule has 1 heterocycles. The first-order valence-corrected chi connectivity index (χ1v) is 4.43. The number of hydrogen-bond acceptors (Lipinski definition) is 4. The monoisotopic (exact) mass is 197 g/mol. The van der Waals surface area contributed by atoms with Crippen molar-refractivity contribution in [3.8, 4) is 0 Å². The van der Waals surface area contributed by atoms with Gasteiger partial charge in [0, 0.05) is 31.4 Å². The summed E-state index contributed by atoms with van der Waals surface area (Å²) in [4.78, 5) is 11.1. The standard InChI is InChI=1S/C9H15N3O2/c1-12-8(3-4-11-12)7(6-10)5-9(13)14-2/h3-4,7H,5-6,10H2,1-2H3. The second-order valence-electron chi connectivity index (χ2n) is 3.09. The van der Waals surface area contributed by atoms with E-state index in [9.17, 15) is 4.79 Å². The van der Waals surface area contributed by atoms with Crippen molar-refractivity contribution in [1.29, 1.82) is 0 Å². The van der Waals surface area contributed by atoms with Crippen molar-refractivity contribution < 1.29 is 9.53 Å². The van der Waals surface area contributed by atoms with Crippen molar-refractivity contribution in [2.24, 2.45) is 12.8 Å². The van der Waals surface area contributed by atoms with Gasteiger partial charge < -0.3 is 10.5 Å². The van der Waals surface area contributed by atoms with Gasteiger partial charge >= 0.3 is 5.97 Å². The zero-order valence-electron chi connectivity index (χ0n) is 8.43. The number of carbonyl (C=O) groups is 1. The number of methoxy groups -OCH3 is 1. The fraction of sp³-hybridized carbons (Fsp3) is 0.556. The van der Waals surface area contributed by atoms with E-state index >= 15 is 0 Å². The molecule has 1 aromatic rings. The van der Waals surface area contributed by atoms with E-state index in [4.69, 9.17) is 5.73 Å². The van der Waals surface area contributed by atoms with Crippen molar-refractivity contribution in [1.82, 2.24) is 9.78 Å². The Morgan fingerprint density at radius 2 is 2.50 bits per heavy atom. The number of ether oxygens (including phenoxy) is 1. The molecule has 0 amide bonds. The Morgan fingerprint density at radius 1 is 1.79 bits per heavy atom. The number of esters is 1. The van der Waals surface area contributed by atoms with Crippen LogP contribution in [0.2, 0.25) is 0 Å². The molecule has 1 aromatic heterocycles. The third-order valence-electron chi connectivity index (χ3n) is 2.20. The Labute approximate surface area is 82.8 Å². The van der Waals surface area contributed by atoms with Gasteiger partial charge in [0.1, 0.15) is 0 Å². The Hall–Kier alpha value is -1.36. The second kappa shape index (κ2) is 4.76. The third-order valence-corrected chi connectivity index (χ3v) is 2.20. The molecule has 5 nitrogen and oxygen atoms in total. The van der Waals surface area contributed by atoms with Gasteiger partial charge in [-0.25, -0.2) is 0 Å². The Morgan fingerprint density at radius 3 is 2.93 bits per heavy atom. The molecule has 0 aliphatic rings. The van der Waals surface area contributed by atoms with Crippen LogP contribution in [0.5, 0.6) is 0 Å². The van der Waals surface area contributed by atoms with Crippen LogP contribution in [0.4, 0.5) is 0 Å². The fourth-order valence-corrected chi connectivity index (χ4v) is 1.38. The van der Waals surface area contributed by atoms with E-state index in [1.165, 1.54) is 7.11 Å². The summed E-state index contributed by atoms with van der Waals surface area (Å²) in [7, 11) is 3.20. The molecule has 0 fully saturated rings. The average Bonchev–Trinajstić information content (AvgIpc) is 2.60. The number of aryl methyl sites for hydroxylation is 1. The number of rotatable bonds is 4. The van der Waals surface area contributed by atoms with Crippen LogP contribution < -0.4 is 5.73 Å². The van der Waals surface area contributed by atoms with Gasteiger partial charge in [0.2, 0.25) is 0 Å². The molecule has 1 atom stereocenters. The molecule has 1 unspecified atom stereocenters. The number of carbonyl (C=O) groups excluding carboxylic acids is 1. The predicted octanol–water partition coefficient (Wildman–Crippen LogP) is 0.0255. The van der Waals surface area contributed by atoms with Crippen molar-refractivity contribution in [3.05, 3.63) is 18.0 Å². The molecule has 1 rings (SSSR count). The second-order valence-corrected chi connectivity index (χ2v) is 3.09. The van der Waals surface area contributed by atoms with Crippen LogP contribution in [0.25, 0.3) is 0 Å². The van der Waals surface area contributed by atoms with E-state index in [2.05, 4.69) is 9.84 Å². The van der Waals surface area contributed by atoms with Gasteiger partial charge in [-0.1, -0.05) is 0 Å². The van der Waals surface area contributed by atoms with Crippen LogP contribution >= 0.6 is 0 Å². The lowest BCUT2D eigenvalue weighted by molar-refractivity contribution is -0.141. The van der Waals surface area contributed by atoms with Crippen LogP contribution in [0.3, 0.4) is 0 Å². The predicted molar refractivity (Wildman–Crippen MR) is 51.6 cm³/mol. The maximum absolute atomic E-state index is 11.1. The maximum atomic E-state index is 11.1. The van der Waals surface area contributed by atoms with Gasteiger partial charge in [-0.05, 0) is 6.07 Å². The quantitative estimate of drug-likeness (QED) is 0.691. The van der Waals surface area contributed by atoms with E-state index in [0.29, 0.717) is 13.0 Å². The van der Waals surface area contributed by atoms with E-state index in [1.54, 1.807) is 10.9 Å². The zero-order valence-corrected chi connectivity index (χ0v) is 8.43. The SMILES string of the molecule is COC(=O)CC(CN)c1ccnn1C. The lowest BCUT2D eigenvalue weighted by atomic mass is 10.0. The molecule has 0 aromatic carbocycles. The fourth-order valence-electron chi connectivity index (χ4n) is 1.38. The van der Waals surface area contributed by atoms with Crippen LogP contribution in [-0.2, 0) is 16.6 Å². The Kier molecular flexibility index (Phi) is 3.64. The minimum Gasteiger partial charge on any atom is -0.469 e. The zero-order chi connectivity index (χ0) is 10.6. The first kappa shape index (κ1) is 10.7. The highest BCUT2D eigenvalue weighted by atomic mass is 16.5. The summed E-state index contributed by atoms with van der Waals surface area (Å²) in [6.45, 7) is 0.411. The van der Waals surface area contributed by atoms with E-state index in [-0.39, 0.29) is 11.9 Å². The van der Waals surface area contributed by atoms with Crippen LogP contribution in [0.1, 0.15) is 18.0 Å². The van der Waals surface area contributed by atoms with Crippen molar-refractivity contribution >= 4 is 5.97 Å². The van der Waals surface area contributed by atoms with Crippen LogP contribution in [0.15, 0.2) is 12.3 Å². The Balaban J connectivity index is 2.72. The highest BCUT2D eigenvalue weighted by Gasteiger charge is 2.17. The lowest BCUT2D eigenvalue weighted by Gasteiger charge is -2.13. The topological polar surface area (TPSA) is 70.1 Å². The molecule has 14 heavy (non-hydrogen) atoms. The van der Waals surface area contributed by atoms with E-state index in [1.807, 2.05) is 13.1 Å². The van der Waals surface area contributed by atoms with Gasteiger partial charge in [-0.15, -0.1) is 0 Å². The summed E-state index contributed by atoms with van der Waals surface area (Å²) in [5.74, 6) is -0.267. The molecule has 2 N–H and O–H groups in total. The summed E-state index contributed by atoms with van der Waals surface area (Å²) in [5.41, 5.74) is 6.54. The molecule has 0 saturated carbocycles. The minimum absolute atomic E-state index is 0.0186. The largest absolute Gasteiger partial charge is 0.469 e. The number of hydrogen-bond donors (Lipinski definition) is 1. The van der Waals surface area contributed by atoms with Gasteiger partial charge in [-0.3, -0.25) is 9.48 Å². The third kappa shape index (κ3) is 2.32. The van der Waals surface area contributed by atoms with Gasteiger partial charge in [0.05, 0.1) is 13.5 Å². The van der Waals surface area contributed by atoms with E-state index in [0.717, 1.165) is 5.69 Å². The first-order valence-electron chi connectivity index (χ1n) is 4.43. The highest BCUT2D eigenvalue weighted by molar-refractivity contribution is 5.70. The molecule has 5 heteroatoms. The van der Waals surface area contributed by atoms with Crippen molar-refractivity contribution in [3.63, 3.8) is 0 Å². The molecule has 0 spiro atoms. The molecule has 0 bridgehead atoms. The summed E-state index contributed by atoms with van der Waals surface area (Å²) in [6, 6.07) is 1.86. The molecular weight excluding hydrogens is 182 g/mol. The highest BCUT2D eigenvalue weighted by Crippen LogP contribution is 2.17. The summed E-state index contributed by atoms with van der Waals surface area (Å²) >= 11 is 0. The summed E-state index contributed by atoms with van der Waals surface area (Å²) in [6.07, 6.45) is 1.99. The number of nitrogens with zero attached hydrogens (tertiary/aromatic N) is 2. The smallest absolute Gasteiger partial charge is 0.306 e. The van der Waals surface area contributed by atoms with Crippen LogP contribution in [0, 0.1) is 0 Å². The molecular formula is C9H15N3O2. The minimum atomic E-state index is -0.248. The maximum Gasteiger partial charge on any atom is 0.306 e. The number of aromatic nitrogens is 2. The van der Waals surface area contributed by atoms with E-state index < -0.39 is 0 Å². The van der Waals surface area contributed by atoms with Crippen molar-refractivity contribution in [2.45, 2.75) is 12.3 Å². The lowest BCUT2D eigenvalue weighted by Crippen LogP contribution is -2.19. The van der Waals surface area contributed by atoms with Crippen molar-refractivity contribution in [2.75, 3.05) is 13.7 Å². The first-order chi connectivity index (χ1) is 6.69. The Bertz CT molecular complexity index is 309. The number of nitrogens with two attached hydrogens (primary N) is 1. The van der Waals surface area contributed by atoms with Crippen LogP contribution in [-0.4, -0.2) is 29.4 Å². The molecule has 0 radical (unpaired) electrons. The summed E-state index contributed by atoms with van der Waals surface area (Å²) in [5, 5.41) is 4.03. The molecule has 78 valence electrons. The normalized spacial score (nSPS) is 12.5. The van der Waals surface area contributed by atoms with Gasteiger partial charge in [-0.2, -0.15) is 5.10 Å². The van der Waals surface area contributed by atoms with Gasteiger partial charge in [0.25, 0.3) is 0 Å².